The molecule has 0 atom stereocenters. The molecule has 0 fully saturated rings. The molecule has 1 N–H and O–H groups in total. The number of hydrogen-bond acceptors (Lipinski definition) is 6. The summed E-state index contributed by atoms with van der Waals surface area (Å²) in [5.41, 5.74) is -0.210. The maximum Gasteiger partial charge on any atom is 0.416 e. The van der Waals surface area contributed by atoms with Crippen LogP contribution in [0.1, 0.15) is 34.6 Å². The number of nitrogens with one attached hydrogen (secondary N) is 1. The number of carbonyl (C=O) groups excluding carboxylic acids is 1. The van der Waals surface area contributed by atoms with Crippen LogP contribution < -0.4 is 5.32 Å². The van der Waals surface area contributed by atoms with E-state index in [2.05, 4.69) is 15.3 Å². The summed E-state index contributed by atoms with van der Waals surface area (Å²) in [6, 6.07) is 2.97. The van der Waals surface area contributed by atoms with Gasteiger partial charge in [-0.3, -0.25) is 0 Å². The van der Waals surface area contributed by atoms with Gasteiger partial charge in [0.25, 0.3) is 0 Å². The smallest absolute Gasteiger partial charge is 0.416 e. The monoisotopic (exact) mass is 429 g/mol. The van der Waals surface area contributed by atoms with Crippen LogP contribution in [0.25, 0.3) is 10.2 Å². The highest BCUT2D eigenvalue weighted by molar-refractivity contribution is 7.20. The van der Waals surface area contributed by atoms with Crippen LogP contribution in [0.2, 0.25) is 5.02 Å². The van der Waals surface area contributed by atoms with Gasteiger partial charge in [0, 0.05) is 0 Å². The number of aryl methyl sites for hydroxylation is 1. The van der Waals surface area contributed by atoms with Gasteiger partial charge < -0.3 is 10.1 Å². The largest absolute Gasteiger partial charge is 0.459 e. The average Bonchev–Trinajstić information content (AvgIpc) is 2.93. The van der Waals surface area contributed by atoms with Gasteiger partial charge in [0.15, 0.2) is 0 Å². The molecule has 148 valence electrons. The van der Waals surface area contributed by atoms with E-state index in [-0.39, 0.29) is 22.6 Å². The van der Waals surface area contributed by atoms with Crippen molar-refractivity contribution >= 4 is 50.6 Å². The molecule has 3 aromatic rings. The minimum atomic E-state index is -4.51. The number of benzene rings is 1. The number of alkyl halides is 3. The summed E-state index contributed by atoms with van der Waals surface area (Å²) in [5.74, 6) is -0.234. The van der Waals surface area contributed by atoms with E-state index in [1.807, 2.05) is 0 Å². The first-order valence-corrected chi connectivity index (χ1v) is 9.36. The molecule has 28 heavy (non-hydrogen) atoms. The lowest BCUT2D eigenvalue weighted by molar-refractivity contribution is -0.137. The highest BCUT2D eigenvalue weighted by atomic mass is 35.5. The molecule has 0 bridgehead atoms. The second-order valence-electron chi connectivity index (χ2n) is 6.23. The number of ether oxygens (including phenoxy) is 1. The number of anilines is 2. The van der Waals surface area contributed by atoms with E-state index in [0.717, 1.165) is 29.5 Å². The Kier molecular flexibility index (Phi) is 5.49. The van der Waals surface area contributed by atoms with Gasteiger partial charge >= 0.3 is 12.1 Å². The fourth-order valence-corrected chi connectivity index (χ4v) is 3.75. The third-order valence-electron chi connectivity index (χ3n) is 3.80. The van der Waals surface area contributed by atoms with Crippen LogP contribution in [-0.2, 0) is 10.9 Å². The first kappa shape index (κ1) is 20.3. The summed E-state index contributed by atoms with van der Waals surface area (Å²) >= 11 is 7.19. The zero-order valence-corrected chi connectivity index (χ0v) is 16.6. The molecule has 0 aliphatic carbocycles. The van der Waals surface area contributed by atoms with Crippen LogP contribution in [-0.4, -0.2) is 22.0 Å². The van der Waals surface area contributed by atoms with E-state index in [4.69, 9.17) is 16.3 Å². The molecule has 0 aliphatic heterocycles. The summed E-state index contributed by atoms with van der Waals surface area (Å²) < 4.78 is 44.3. The SMILES string of the molecule is Cc1c(C(=O)OC(C)C)sc2ncnc(Nc3cc(C(F)(F)F)ccc3Cl)c12. The fraction of sp³-hybridized carbons (Fsp3) is 0.278. The first-order chi connectivity index (χ1) is 13.1. The van der Waals surface area contributed by atoms with E-state index in [1.54, 1.807) is 20.8 Å². The van der Waals surface area contributed by atoms with Crippen molar-refractivity contribution in [3.8, 4) is 0 Å². The Morgan fingerprint density at radius 3 is 2.64 bits per heavy atom. The minimum Gasteiger partial charge on any atom is -0.459 e. The zero-order valence-electron chi connectivity index (χ0n) is 15.0. The molecular formula is C18H15ClF3N3O2S. The van der Waals surface area contributed by atoms with Crippen LogP contribution in [0.3, 0.4) is 0 Å². The van der Waals surface area contributed by atoms with Gasteiger partial charge in [0.05, 0.1) is 27.8 Å². The molecule has 5 nitrogen and oxygen atoms in total. The average molecular weight is 430 g/mol. The molecule has 1 aromatic carbocycles. The van der Waals surface area contributed by atoms with E-state index in [1.165, 1.54) is 6.33 Å². The van der Waals surface area contributed by atoms with Gasteiger partial charge in [-0.25, -0.2) is 14.8 Å². The topological polar surface area (TPSA) is 64.1 Å². The first-order valence-electron chi connectivity index (χ1n) is 8.16. The zero-order chi connectivity index (χ0) is 20.6. The molecule has 0 amide bonds. The van der Waals surface area contributed by atoms with Crippen LogP contribution in [0.4, 0.5) is 24.7 Å². The Morgan fingerprint density at radius 1 is 1.29 bits per heavy atom. The quantitative estimate of drug-likeness (QED) is 0.517. The summed E-state index contributed by atoms with van der Waals surface area (Å²) in [7, 11) is 0. The Balaban J connectivity index is 2.06. The lowest BCUT2D eigenvalue weighted by Gasteiger charge is -2.12. The number of carbonyl (C=O) groups is 1. The van der Waals surface area contributed by atoms with Crippen LogP contribution in [0, 0.1) is 6.92 Å². The van der Waals surface area contributed by atoms with E-state index >= 15 is 0 Å². The summed E-state index contributed by atoms with van der Waals surface area (Å²) in [6.07, 6.45) is -3.53. The molecule has 2 heterocycles. The Hall–Kier alpha value is -2.39. The number of nitrogens with zero attached hydrogens (tertiary/aromatic N) is 2. The molecule has 0 unspecified atom stereocenters. The molecule has 10 heteroatoms. The third kappa shape index (κ3) is 4.05. The van der Waals surface area contributed by atoms with Gasteiger partial charge in [0.1, 0.15) is 21.9 Å². The lowest BCUT2D eigenvalue weighted by Crippen LogP contribution is -2.11. The van der Waals surface area contributed by atoms with E-state index in [0.29, 0.717) is 20.7 Å². The normalized spacial score (nSPS) is 11.9. The van der Waals surface area contributed by atoms with Crippen LogP contribution in [0.15, 0.2) is 24.5 Å². The maximum absolute atomic E-state index is 13.0. The van der Waals surface area contributed by atoms with Crippen molar-refractivity contribution in [3.63, 3.8) is 0 Å². The number of esters is 1. The second-order valence-corrected chi connectivity index (χ2v) is 7.64. The van der Waals surface area contributed by atoms with E-state index < -0.39 is 17.7 Å². The van der Waals surface area contributed by atoms with Gasteiger partial charge in [-0.05, 0) is 44.5 Å². The highest BCUT2D eigenvalue weighted by Crippen LogP contribution is 2.38. The molecule has 0 spiro atoms. The Labute approximate surface area is 167 Å². The van der Waals surface area contributed by atoms with Gasteiger partial charge in [-0.15, -0.1) is 11.3 Å². The molecule has 0 saturated carbocycles. The summed E-state index contributed by atoms with van der Waals surface area (Å²) in [6.45, 7) is 5.18. The van der Waals surface area contributed by atoms with Crippen molar-refractivity contribution in [2.75, 3.05) is 5.32 Å². The minimum absolute atomic E-state index is 0.0494. The molecule has 3 rings (SSSR count). The number of hydrogen-bond donors (Lipinski definition) is 1. The van der Waals surface area contributed by atoms with Crippen LogP contribution >= 0.6 is 22.9 Å². The molecular weight excluding hydrogens is 415 g/mol. The molecule has 0 saturated heterocycles. The van der Waals surface area contributed by atoms with Crippen molar-refractivity contribution in [1.82, 2.24) is 9.97 Å². The molecule has 2 aromatic heterocycles. The van der Waals surface area contributed by atoms with Crippen molar-refractivity contribution in [3.05, 3.63) is 45.6 Å². The van der Waals surface area contributed by atoms with Crippen molar-refractivity contribution < 1.29 is 22.7 Å². The second kappa shape index (κ2) is 7.56. The number of halogens is 4. The summed E-state index contributed by atoms with van der Waals surface area (Å²) in [5, 5.41) is 3.46. The van der Waals surface area contributed by atoms with Crippen molar-refractivity contribution in [2.24, 2.45) is 0 Å². The predicted molar refractivity (Wildman–Crippen MR) is 102 cm³/mol. The standard InChI is InChI=1S/C18H15ClF3N3O2S/c1-8(2)27-17(26)14-9(3)13-15(23-7-24-16(13)28-14)25-12-6-10(18(20,21)22)4-5-11(12)19/h4-8H,1-3H3,(H,23,24,25). The van der Waals surface area contributed by atoms with E-state index in [9.17, 15) is 18.0 Å². The Bertz CT molecular complexity index is 1050. The van der Waals surface area contributed by atoms with Gasteiger partial charge in [-0.2, -0.15) is 13.2 Å². The molecule has 0 aliphatic rings. The fourth-order valence-electron chi connectivity index (χ4n) is 2.55. The maximum atomic E-state index is 13.0. The van der Waals surface area contributed by atoms with Crippen LogP contribution in [0.5, 0.6) is 0 Å². The van der Waals surface area contributed by atoms with Gasteiger partial charge in [0.2, 0.25) is 0 Å². The summed E-state index contributed by atoms with van der Waals surface area (Å²) in [4.78, 5) is 21.4. The predicted octanol–water partition coefficient (Wildman–Crippen LogP) is 5.98. The highest BCUT2D eigenvalue weighted by Gasteiger charge is 2.31. The lowest BCUT2D eigenvalue weighted by atomic mass is 10.1. The Morgan fingerprint density at radius 2 is 2.00 bits per heavy atom. The van der Waals surface area contributed by atoms with Crippen molar-refractivity contribution in [2.45, 2.75) is 33.1 Å². The van der Waals surface area contributed by atoms with Crippen molar-refractivity contribution in [1.29, 1.82) is 0 Å². The van der Waals surface area contributed by atoms with Gasteiger partial charge in [-0.1, -0.05) is 11.6 Å². The number of thiophene rings is 1. The molecule has 0 radical (unpaired) electrons. The number of fused-ring (bicyclic) bond motifs is 1. The number of rotatable bonds is 4. The third-order valence-corrected chi connectivity index (χ3v) is 5.31. The number of aromatic nitrogens is 2.